The third kappa shape index (κ3) is 4.74. The second-order valence-electron chi connectivity index (χ2n) is 7.52. The van der Waals surface area contributed by atoms with Crippen molar-refractivity contribution in [3.63, 3.8) is 0 Å². The highest BCUT2D eigenvalue weighted by atomic mass is 19.4. The fourth-order valence-corrected chi connectivity index (χ4v) is 3.79. The maximum Gasteiger partial charge on any atom is 0.573 e. The van der Waals surface area contributed by atoms with Gasteiger partial charge in [-0.05, 0) is 36.0 Å². The molecule has 0 amide bonds. The lowest BCUT2D eigenvalue weighted by molar-refractivity contribution is -0.274. The lowest BCUT2D eigenvalue weighted by Crippen LogP contribution is -2.18. The molecule has 1 aliphatic rings. The van der Waals surface area contributed by atoms with Crippen LogP contribution in [-0.4, -0.2) is 28.5 Å². The minimum Gasteiger partial charge on any atom is -0.405 e. The summed E-state index contributed by atoms with van der Waals surface area (Å²) in [5, 5.41) is 12.6. The predicted octanol–water partition coefficient (Wildman–Crippen LogP) is 5.42. The molecule has 2 aromatic heterocycles. The van der Waals surface area contributed by atoms with Gasteiger partial charge in [-0.3, -0.25) is 0 Å². The normalized spacial score (nSPS) is 18.4. The third-order valence-electron chi connectivity index (χ3n) is 5.27. The molecule has 4 rings (SSSR count). The molecule has 1 saturated carbocycles. The van der Waals surface area contributed by atoms with Crippen LogP contribution in [0.3, 0.4) is 0 Å². The van der Waals surface area contributed by atoms with Gasteiger partial charge in [0.15, 0.2) is 5.65 Å². The summed E-state index contributed by atoms with van der Waals surface area (Å²) in [6.45, 7) is 0.367. The molecule has 2 unspecified atom stereocenters. The van der Waals surface area contributed by atoms with Crippen molar-refractivity contribution in [1.29, 1.82) is 5.26 Å². The Morgan fingerprint density at radius 1 is 1.16 bits per heavy atom. The molecule has 1 N–H and O–H groups in total. The van der Waals surface area contributed by atoms with Gasteiger partial charge in [0.05, 0.1) is 17.8 Å². The zero-order valence-electron chi connectivity index (χ0n) is 16.3. The molecule has 2 heterocycles. The molecule has 5 nitrogen and oxygen atoms in total. The molecule has 0 aliphatic heterocycles. The Morgan fingerprint density at radius 2 is 1.91 bits per heavy atom. The largest absolute Gasteiger partial charge is 0.573 e. The van der Waals surface area contributed by atoms with Crippen molar-refractivity contribution in [2.24, 2.45) is 5.92 Å². The Bertz CT molecular complexity index is 1180. The standard InChI is InChI=1S/C21H16F6N4O/c22-20(23,24)8-13-11-30-19-16(9-28)17(5-6-31(13)19)29-10-12-7-15(12)14-3-1-2-4-18(14)32-21(25,26)27/h1-6,11-12,15,29H,7-8,10H2. The van der Waals surface area contributed by atoms with Gasteiger partial charge in [0, 0.05) is 18.9 Å². The number of anilines is 1. The number of para-hydroxylation sites is 1. The van der Waals surface area contributed by atoms with E-state index in [1.165, 1.54) is 28.8 Å². The maximum absolute atomic E-state index is 12.7. The van der Waals surface area contributed by atoms with Gasteiger partial charge in [-0.15, -0.1) is 13.2 Å². The van der Waals surface area contributed by atoms with Gasteiger partial charge >= 0.3 is 12.5 Å². The minimum absolute atomic E-state index is 0.0105. The van der Waals surface area contributed by atoms with Gasteiger partial charge in [-0.1, -0.05) is 18.2 Å². The number of hydrogen-bond donors (Lipinski definition) is 1. The molecule has 11 heteroatoms. The SMILES string of the molecule is N#Cc1c(NCC2CC2c2ccccc2OC(F)(F)F)ccn2c(CC(F)(F)F)cnc12. The van der Waals surface area contributed by atoms with E-state index in [2.05, 4.69) is 15.0 Å². The average Bonchev–Trinajstić information content (AvgIpc) is 3.36. The van der Waals surface area contributed by atoms with Crippen LogP contribution in [0.25, 0.3) is 5.65 Å². The molecule has 0 saturated heterocycles. The smallest absolute Gasteiger partial charge is 0.405 e. The topological polar surface area (TPSA) is 62.3 Å². The number of alkyl halides is 6. The second kappa shape index (κ2) is 7.93. The maximum atomic E-state index is 12.7. The molecular weight excluding hydrogens is 438 g/mol. The van der Waals surface area contributed by atoms with Crippen LogP contribution in [-0.2, 0) is 6.42 Å². The average molecular weight is 454 g/mol. The summed E-state index contributed by atoms with van der Waals surface area (Å²) >= 11 is 0. The first-order valence-electron chi connectivity index (χ1n) is 9.60. The van der Waals surface area contributed by atoms with Crippen LogP contribution in [0.5, 0.6) is 5.75 Å². The van der Waals surface area contributed by atoms with E-state index in [4.69, 9.17) is 0 Å². The van der Waals surface area contributed by atoms with Crippen LogP contribution in [0.2, 0.25) is 0 Å². The Balaban J connectivity index is 1.48. The fraction of sp³-hybridized carbons (Fsp3) is 0.333. The molecule has 0 bridgehead atoms. The van der Waals surface area contributed by atoms with Gasteiger partial charge in [0.2, 0.25) is 0 Å². The summed E-state index contributed by atoms with van der Waals surface area (Å²) < 4.78 is 81.5. The van der Waals surface area contributed by atoms with Crippen molar-refractivity contribution in [3.8, 4) is 11.8 Å². The van der Waals surface area contributed by atoms with E-state index in [-0.39, 0.29) is 34.5 Å². The van der Waals surface area contributed by atoms with Gasteiger partial charge in [-0.25, -0.2) is 4.98 Å². The molecule has 1 aliphatic carbocycles. The fourth-order valence-electron chi connectivity index (χ4n) is 3.79. The molecule has 3 aromatic rings. The van der Waals surface area contributed by atoms with E-state index >= 15 is 0 Å². The summed E-state index contributed by atoms with van der Waals surface area (Å²) in [5.74, 6) is -0.363. The number of rotatable bonds is 6. The lowest BCUT2D eigenvalue weighted by atomic mass is 10.1. The number of pyridine rings is 1. The van der Waals surface area contributed by atoms with E-state index in [1.807, 2.05) is 6.07 Å². The molecule has 0 spiro atoms. The molecule has 1 aromatic carbocycles. The zero-order chi connectivity index (χ0) is 23.1. The Hall–Kier alpha value is -3.42. The van der Waals surface area contributed by atoms with Crippen LogP contribution in [0, 0.1) is 17.2 Å². The van der Waals surface area contributed by atoms with E-state index in [1.54, 1.807) is 12.1 Å². The molecule has 1 fully saturated rings. The summed E-state index contributed by atoms with van der Waals surface area (Å²) in [4.78, 5) is 3.96. The number of hydrogen-bond acceptors (Lipinski definition) is 4. The highest BCUT2D eigenvalue weighted by Crippen LogP contribution is 2.51. The van der Waals surface area contributed by atoms with E-state index in [0.29, 0.717) is 24.2 Å². The summed E-state index contributed by atoms with van der Waals surface area (Å²) in [6, 6.07) is 9.42. The first kappa shape index (κ1) is 21.8. The number of aromatic nitrogens is 2. The summed E-state index contributed by atoms with van der Waals surface area (Å²) in [7, 11) is 0. The minimum atomic E-state index is -4.79. The van der Waals surface area contributed by atoms with Crippen LogP contribution < -0.4 is 10.1 Å². The summed E-state index contributed by atoms with van der Waals surface area (Å²) in [5.41, 5.74) is 0.971. The van der Waals surface area contributed by atoms with Gasteiger partial charge in [0.1, 0.15) is 17.4 Å². The first-order valence-corrected chi connectivity index (χ1v) is 9.60. The van der Waals surface area contributed by atoms with Crippen molar-refractivity contribution in [2.45, 2.75) is 31.3 Å². The van der Waals surface area contributed by atoms with Crippen LogP contribution in [0.15, 0.2) is 42.7 Å². The summed E-state index contributed by atoms with van der Waals surface area (Å²) in [6.07, 6.45) is -7.24. The molecule has 0 radical (unpaired) electrons. The van der Waals surface area contributed by atoms with E-state index in [9.17, 15) is 31.6 Å². The van der Waals surface area contributed by atoms with Gasteiger partial charge in [-0.2, -0.15) is 18.4 Å². The molecule has 168 valence electrons. The number of ether oxygens (including phenoxy) is 1. The Labute approximate surface area is 178 Å². The number of nitriles is 1. The third-order valence-corrected chi connectivity index (χ3v) is 5.27. The highest BCUT2D eigenvalue weighted by molar-refractivity contribution is 5.70. The number of halogens is 6. The van der Waals surface area contributed by atoms with Crippen molar-refractivity contribution in [2.75, 3.05) is 11.9 Å². The molecule has 32 heavy (non-hydrogen) atoms. The van der Waals surface area contributed by atoms with Crippen molar-refractivity contribution in [1.82, 2.24) is 9.38 Å². The molecule has 2 atom stereocenters. The first-order chi connectivity index (χ1) is 15.1. The second-order valence-corrected chi connectivity index (χ2v) is 7.52. The van der Waals surface area contributed by atoms with E-state index < -0.39 is 19.0 Å². The lowest BCUT2D eigenvalue weighted by Gasteiger charge is -2.13. The number of imidazole rings is 1. The quantitative estimate of drug-likeness (QED) is 0.505. The van der Waals surface area contributed by atoms with Crippen LogP contribution in [0.1, 0.15) is 29.2 Å². The van der Waals surface area contributed by atoms with Crippen molar-refractivity contribution >= 4 is 11.3 Å². The highest BCUT2D eigenvalue weighted by Gasteiger charge is 2.41. The molecular formula is C21H16F6N4O. The number of nitrogens with zero attached hydrogens (tertiary/aromatic N) is 3. The Morgan fingerprint density at radius 3 is 2.59 bits per heavy atom. The number of benzene rings is 1. The van der Waals surface area contributed by atoms with Crippen LogP contribution in [0.4, 0.5) is 32.0 Å². The monoisotopic (exact) mass is 454 g/mol. The van der Waals surface area contributed by atoms with Gasteiger partial charge < -0.3 is 14.5 Å². The Kier molecular flexibility index (Phi) is 5.40. The predicted molar refractivity (Wildman–Crippen MR) is 102 cm³/mol. The van der Waals surface area contributed by atoms with Crippen molar-refractivity contribution in [3.05, 3.63) is 59.5 Å². The van der Waals surface area contributed by atoms with Gasteiger partial charge in [0.25, 0.3) is 0 Å². The van der Waals surface area contributed by atoms with Crippen LogP contribution >= 0.6 is 0 Å². The zero-order valence-corrected chi connectivity index (χ0v) is 16.3. The van der Waals surface area contributed by atoms with E-state index in [0.717, 1.165) is 6.20 Å². The van der Waals surface area contributed by atoms with Crippen molar-refractivity contribution < 1.29 is 31.1 Å². The number of nitrogens with one attached hydrogen (secondary N) is 1. The number of fused-ring (bicyclic) bond motifs is 1.